The molecule has 0 radical (unpaired) electrons. The number of anilines is 2. The molecule has 0 saturated carbocycles. The number of hydrogen-bond donors (Lipinski definition) is 2. The molecule has 1 amide bonds. The summed E-state index contributed by atoms with van der Waals surface area (Å²) in [6, 6.07) is 12.6. The van der Waals surface area contributed by atoms with Crippen LogP contribution in [-0.4, -0.2) is 18.2 Å². The van der Waals surface area contributed by atoms with Gasteiger partial charge >= 0.3 is 0 Å². The number of amides is 1. The van der Waals surface area contributed by atoms with Crippen molar-refractivity contribution in [2.75, 3.05) is 17.2 Å². The van der Waals surface area contributed by atoms with Crippen LogP contribution in [-0.2, 0) is 4.79 Å². The molecule has 0 unspecified atom stereocenters. The van der Waals surface area contributed by atoms with E-state index >= 15 is 0 Å². The van der Waals surface area contributed by atoms with E-state index in [-0.39, 0.29) is 24.2 Å². The molecule has 0 aliphatic heterocycles. The summed E-state index contributed by atoms with van der Waals surface area (Å²) >= 11 is 0. The van der Waals surface area contributed by atoms with E-state index in [1.165, 1.54) is 0 Å². The molecule has 26 heavy (non-hydrogen) atoms. The van der Waals surface area contributed by atoms with Gasteiger partial charge < -0.3 is 10.6 Å². The molecule has 5 heteroatoms. The van der Waals surface area contributed by atoms with Crippen molar-refractivity contribution >= 4 is 23.1 Å². The summed E-state index contributed by atoms with van der Waals surface area (Å²) in [7, 11) is 0. The lowest BCUT2D eigenvalue weighted by molar-refractivity contribution is -0.114. The molecule has 2 N–H and O–H groups in total. The molecule has 0 heterocycles. The molecule has 0 bridgehead atoms. The van der Waals surface area contributed by atoms with Crippen LogP contribution in [0.15, 0.2) is 36.4 Å². The monoisotopic (exact) mass is 349 g/mol. The van der Waals surface area contributed by atoms with Crippen LogP contribution in [0.1, 0.15) is 40.9 Å². The maximum Gasteiger partial charge on any atom is 0.243 e. The molecule has 134 valence electrons. The number of Topliss-reactive ketones (excluding diaryl/α,β-unsaturated/α-hetero) is 1. The molecule has 0 saturated heterocycles. The zero-order valence-electron chi connectivity index (χ0n) is 15.5. The van der Waals surface area contributed by atoms with Gasteiger partial charge in [-0.1, -0.05) is 13.8 Å². The molecule has 0 aromatic heterocycles. The summed E-state index contributed by atoms with van der Waals surface area (Å²) in [5.41, 5.74) is 4.45. The zero-order chi connectivity index (χ0) is 19.3. The van der Waals surface area contributed by atoms with E-state index in [4.69, 9.17) is 5.26 Å². The summed E-state index contributed by atoms with van der Waals surface area (Å²) in [5, 5.41) is 14.7. The Morgan fingerprint density at radius 1 is 1.08 bits per heavy atom. The highest BCUT2D eigenvalue weighted by atomic mass is 16.2. The minimum atomic E-state index is -0.181. The topological polar surface area (TPSA) is 82.0 Å². The average Bonchev–Trinajstić information content (AvgIpc) is 2.62. The Morgan fingerprint density at radius 3 is 2.31 bits per heavy atom. The van der Waals surface area contributed by atoms with Crippen molar-refractivity contribution in [2.24, 2.45) is 5.92 Å². The third-order valence-electron chi connectivity index (χ3n) is 4.10. The van der Waals surface area contributed by atoms with Gasteiger partial charge in [-0.15, -0.1) is 0 Å². The fourth-order valence-electron chi connectivity index (χ4n) is 2.57. The number of nitriles is 1. The Bertz CT molecular complexity index is 862. The molecular formula is C21H23N3O2. The summed E-state index contributed by atoms with van der Waals surface area (Å²) in [6.45, 7) is 7.61. The Balaban J connectivity index is 2.03. The highest BCUT2D eigenvalue weighted by Gasteiger charge is 2.15. The maximum absolute atomic E-state index is 12.2. The molecule has 2 aromatic carbocycles. The molecule has 0 spiro atoms. The third-order valence-corrected chi connectivity index (χ3v) is 4.10. The number of rotatable bonds is 6. The quantitative estimate of drug-likeness (QED) is 0.770. The minimum absolute atomic E-state index is 0.0647. The van der Waals surface area contributed by atoms with Crippen LogP contribution in [0.5, 0.6) is 0 Å². The normalized spacial score (nSPS) is 10.3. The Kier molecular flexibility index (Phi) is 6.13. The Labute approximate surface area is 154 Å². The van der Waals surface area contributed by atoms with E-state index in [0.717, 1.165) is 16.8 Å². The van der Waals surface area contributed by atoms with Gasteiger partial charge in [0, 0.05) is 22.9 Å². The van der Waals surface area contributed by atoms with Gasteiger partial charge in [-0.25, -0.2) is 0 Å². The van der Waals surface area contributed by atoms with Gasteiger partial charge in [0.1, 0.15) is 0 Å². The molecule has 0 aliphatic rings. The summed E-state index contributed by atoms with van der Waals surface area (Å²) in [5.74, 6) is -0.143. The van der Waals surface area contributed by atoms with Crippen LogP contribution < -0.4 is 10.6 Å². The van der Waals surface area contributed by atoms with Crippen molar-refractivity contribution in [1.82, 2.24) is 0 Å². The maximum atomic E-state index is 12.2. The summed E-state index contributed by atoms with van der Waals surface area (Å²) in [4.78, 5) is 24.4. The lowest BCUT2D eigenvalue weighted by Gasteiger charge is -2.14. The smallest absolute Gasteiger partial charge is 0.243 e. The van der Waals surface area contributed by atoms with Gasteiger partial charge in [-0.2, -0.15) is 5.26 Å². The van der Waals surface area contributed by atoms with Gasteiger partial charge in [-0.05, 0) is 61.4 Å². The van der Waals surface area contributed by atoms with E-state index in [0.29, 0.717) is 16.8 Å². The third kappa shape index (κ3) is 4.70. The molecule has 0 aliphatic carbocycles. The number of carbonyl (C=O) groups excluding carboxylic acids is 2. The lowest BCUT2D eigenvalue weighted by Crippen LogP contribution is -2.22. The SMILES string of the molecule is Cc1cc(C(=O)C(C)C)c(C)cc1NC(=O)CNc1ccc(C#N)cc1. The van der Waals surface area contributed by atoms with Crippen molar-refractivity contribution < 1.29 is 9.59 Å². The number of ketones is 1. The fraction of sp³-hybridized carbons (Fsp3) is 0.286. The average molecular weight is 349 g/mol. The highest BCUT2D eigenvalue weighted by Crippen LogP contribution is 2.23. The van der Waals surface area contributed by atoms with Crippen LogP contribution in [0.4, 0.5) is 11.4 Å². The second-order valence-corrected chi connectivity index (χ2v) is 6.59. The molecule has 0 atom stereocenters. The van der Waals surface area contributed by atoms with Gasteiger partial charge in [0.15, 0.2) is 5.78 Å². The number of nitrogens with zero attached hydrogens (tertiary/aromatic N) is 1. The molecule has 2 aromatic rings. The van der Waals surface area contributed by atoms with Crippen molar-refractivity contribution in [3.8, 4) is 6.07 Å². The Morgan fingerprint density at radius 2 is 1.73 bits per heavy atom. The van der Waals surface area contributed by atoms with E-state index < -0.39 is 0 Å². The van der Waals surface area contributed by atoms with Crippen LogP contribution in [0, 0.1) is 31.1 Å². The van der Waals surface area contributed by atoms with Crippen LogP contribution in [0.2, 0.25) is 0 Å². The zero-order valence-corrected chi connectivity index (χ0v) is 15.5. The first kappa shape index (κ1) is 19.2. The number of nitrogens with one attached hydrogen (secondary N) is 2. The minimum Gasteiger partial charge on any atom is -0.376 e. The van der Waals surface area contributed by atoms with E-state index in [1.54, 1.807) is 24.3 Å². The van der Waals surface area contributed by atoms with Crippen molar-refractivity contribution in [2.45, 2.75) is 27.7 Å². The van der Waals surface area contributed by atoms with Crippen LogP contribution >= 0.6 is 0 Å². The van der Waals surface area contributed by atoms with Crippen molar-refractivity contribution in [1.29, 1.82) is 5.26 Å². The van der Waals surface area contributed by atoms with Gasteiger partial charge in [0.05, 0.1) is 18.2 Å². The fourth-order valence-corrected chi connectivity index (χ4v) is 2.57. The second kappa shape index (κ2) is 8.30. The van der Waals surface area contributed by atoms with Crippen molar-refractivity contribution in [3.05, 3.63) is 58.7 Å². The molecule has 0 fully saturated rings. The van der Waals surface area contributed by atoms with Gasteiger partial charge in [-0.3, -0.25) is 9.59 Å². The van der Waals surface area contributed by atoms with Gasteiger partial charge in [0.25, 0.3) is 0 Å². The first-order chi connectivity index (χ1) is 12.3. The Hall–Kier alpha value is -3.13. The largest absolute Gasteiger partial charge is 0.376 e. The highest BCUT2D eigenvalue weighted by molar-refractivity contribution is 6.00. The lowest BCUT2D eigenvalue weighted by atomic mass is 9.94. The van der Waals surface area contributed by atoms with Gasteiger partial charge in [0.2, 0.25) is 5.91 Å². The molecular weight excluding hydrogens is 326 g/mol. The first-order valence-corrected chi connectivity index (χ1v) is 8.51. The van der Waals surface area contributed by atoms with E-state index in [2.05, 4.69) is 16.7 Å². The number of benzene rings is 2. The second-order valence-electron chi connectivity index (χ2n) is 6.59. The van der Waals surface area contributed by atoms with E-state index in [9.17, 15) is 9.59 Å². The standard InChI is InChI=1S/C21H23N3O2/c1-13(2)21(26)18-9-15(4)19(10-14(18)3)24-20(25)12-23-17-7-5-16(11-22)6-8-17/h5-10,13,23H,12H2,1-4H3,(H,24,25). The predicted molar refractivity (Wildman–Crippen MR) is 103 cm³/mol. The van der Waals surface area contributed by atoms with Crippen molar-refractivity contribution in [3.63, 3.8) is 0 Å². The summed E-state index contributed by atoms with van der Waals surface area (Å²) < 4.78 is 0. The number of hydrogen-bond acceptors (Lipinski definition) is 4. The van der Waals surface area contributed by atoms with E-state index in [1.807, 2.05) is 39.8 Å². The predicted octanol–water partition coefficient (Wildman–Crippen LogP) is 4.06. The molecule has 5 nitrogen and oxygen atoms in total. The van der Waals surface area contributed by atoms with Crippen LogP contribution in [0.25, 0.3) is 0 Å². The molecule has 2 rings (SSSR count). The van der Waals surface area contributed by atoms with Crippen LogP contribution in [0.3, 0.4) is 0 Å². The summed E-state index contributed by atoms with van der Waals surface area (Å²) in [6.07, 6.45) is 0. The number of aryl methyl sites for hydroxylation is 2. The first-order valence-electron chi connectivity index (χ1n) is 8.51. The number of carbonyl (C=O) groups is 2.